The molecule has 0 spiro atoms. The zero-order valence-electron chi connectivity index (χ0n) is 14.9. The zero-order valence-corrected chi connectivity index (χ0v) is 14.9. The highest BCUT2D eigenvalue weighted by Crippen LogP contribution is 2.31. The standard InChI is InChI=1S/C20H20N4O3/c1-14-6-8-15(9-7-14)22-20(25)23-16-10-21-24(11-16)12-17-13-26-18-4-2-3-5-19(18)27-17/h2-11,17H,12-13H2,1H3,(H2,22,23,25). The van der Waals surface area contributed by atoms with Crippen LogP contribution in [-0.4, -0.2) is 28.5 Å². The first kappa shape index (κ1) is 17.0. The van der Waals surface area contributed by atoms with Gasteiger partial charge in [0.1, 0.15) is 6.61 Å². The van der Waals surface area contributed by atoms with Crippen LogP contribution in [0.2, 0.25) is 0 Å². The average molecular weight is 364 g/mol. The third kappa shape index (κ3) is 4.20. The van der Waals surface area contributed by atoms with Gasteiger partial charge in [0.2, 0.25) is 0 Å². The summed E-state index contributed by atoms with van der Waals surface area (Å²) in [4.78, 5) is 12.1. The van der Waals surface area contributed by atoms with Crippen molar-refractivity contribution in [1.82, 2.24) is 9.78 Å². The van der Waals surface area contributed by atoms with E-state index in [-0.39, 0.29) is 12.1 Å². The Balaban J connectivity index is 1.32. The highest BCUT2D eigenvalue weighted by molar-refractivity contribution is 5.99. The molecule has 1 unspecified atom stereocenters. The van der Waals surface area contributed by atoms with Gasteiger partial charge in [0.15, 0.2) is 17.6 Å². The van der Waals surface area contributed by atoms with Crippen molar-refractivity contribution >= 4 is 17.4 Å². The number of ether oxygens (including phenoxy) is 2. The fourth-order valence-electron chi connectivity index (χ4n) is 2.82. The van der Waals surface area contributed by atoms with Gasteiger partial charge in [0.05, 0.1) is 18.4 Å². The summed E-state index contributed by atoms with van der Waals surface area (Å²) in [6.07, 6.45) is 3.22. The van der Waals surface area contributed by atoms with Crippen LogP contribution in [0, 0.1) is 6.92 Å². The van der Waals surface area contributed by atoms with Gasteiger partial charge in [-0.1, -0.05) is 29.8 Å². The van der Waals surface area contributed by atoms with Crippen molar-refractivity contribution in [3.05, 3.63) is 66.5 Å². The first-order valence-electron chi connectivity index (χ1n) is 8.71. The maximum atomic E-state index is 12.1. The van der Waals surface area contributed by atoms with E-state index in [0.717, 1.165) is 22.7 Å². The van der Waals surface area contributed by atoms with Crippen LogP contribution < -0.4 is 20.1 Å². The lowest BCUT2D eigenvalue weighted by Gasteiger charge is -2.26. The number of nitrogens with zero attached hydrogens (tertiary/aromatic N) is 2. The van der Waals surface area contributed by atoms with Crippen molar-refractivity contribution in [3.63, 3.8) is 0 Å². The van der Waals surface area contributed by atoms with Gasteiger partial charge in [-0.2, -0.15) is 5.10 Å². The topological polar surface area (TPSA) is 77.4 Å². The Labute approximate surface area is 156 Å². The maximum absolute atomic E-state index is 12.1. The second-order valence-electron chi connectivity index (χ2n) is 6.39. The summed E-state index contributed by atoms with van der Waals surface area (Å²) < 4.78 is 13.4. The number of rotatable bonds is 4. The number of nitrogens with one attached hydrogen (secondary N) is 2. The Hall–Kier alpha value is -3.48. The minimum atomic E-state index is -0.315. The van der Waals surface area contributed by atoms with Crippen molar-refractivity contribution in [2.75, 3.05) is 17.2 Å². The highest BCUT2D eigenvalue weighted by Gasteiger charge is 2.21. The summed E-state index contributed by atoms with van der Waals surface area (Å²) in [5.74, 6) is 1.49. The van der Waals surface area contributed by atoms with E-state index in [9.17, 15) is 4.79 Å². The fraction of sp³-hybridized carbons (Fsp3) is 0.200. The Kier molecular flexibility index (Phi) is 4.65. The van der Waals surface area contributed by atoms with Crippen molar-refractivity contribution in [2.24, 2.45) is 0 Å². The largest absolute Gasteiger partial charge is 0.486 e. The first-order valence-corrected chi connectivity index (χ1v) is 8.71. The monoisotopic (exact) mass is 364 g/mol. The molecule has 2 heterocycles. The lowest BCUT2D eigenvalue weighted by atomic mass is 10.2. The number of para-hydroxylation sites is 2. The van der Waals surface area contributed by atoms with Gasteiger partial charge in [0.25, 0.3) is 0 Å². The van der Waals surface area contributed by atoms with E-state index in [4.69, 9.17) is 9.47 Å². The van der Waals surface area contributed by atoms with E-state index in [1.165, 1.54) is 0 Å². The van der Waals surface area contributed by atoms with E-state index < -0.39 is 0 Å². The number of hydrogen-bond donors (Lipinski definition) is 2. The first-order chi connectivity index (χ1) is 13.2. The van der Waals surface area contributed by atoms with Crippen LogP contribution in [0.3, 0.4) is 0 Å². The summed E-state index contributed by atoms with van der Waals surface area (Å²) in [6.45, 7) is 2.97. The molecule has 1 aliphatic heterocycles. The number of hydrogen-bond acceptors (Lipinski definition) is 4. The number of aromatic nitrogens is 2. The summed E-state index contributed by atoms with van der Waals surface area (Å²) in [5, 5.41) is 9.84. The molecule has 0 saturated heterocycles. The number of carbonyl (C=O) groups excluding carboxylic acids is 1. The molecular formula is C20H20N4O3. The third-order valence-electron chi connectivity index (χ3n) is 4.16. The number of anilines is 2. The van der Waals surface area contributed by atoms with E-state index in [1.54, 1.807) is 17.1 Å². The van der Waals surface area contributed by atoms with Gasteiger partial charge in [-0.15, -0.1) is 0 Å². The van der Waals surface area contributed by atoms with Gasteiger partial charge in [0, 0.05) is 11.9 Å². The lowest BCUT2D eigenvalue weighted by molar-refractivity contribution is 0.0759. The van der Waals surface area contributed by atoms with Crippen LogP contribution >= 0.6 is 0 Å². The minimum absolute atomic E-state index is 0.144. The SMILES string of the molecule is Cc1ccc(NC(=O)Nc2cnn(CC3COc4ccccc4O3)c2)cc1. The molecule has 0 aliphatic carbocycles. The minimum Gasteiger partial charge on any atom is -0.486 e. The smallest absolute Gasteiger partial charge is 0.323 e. The number of amides is 2. The number of urea groups is 1. The molecule has 2 aromatic carbocycles. The molecule has 1 aliphatic rings. The zero-order chi connectivity index (χ0) is 18.6. The molecule has 138 valence electrons. The van der Waals surface area contributed by atoms with E-state index >= 15 is 0 Å². The van der Waals surface area contributed by atoms with E-state index in [1.807, 2.05) is 55.5 Å². The number of benzene rings is 2. The van der Waals surface area contributed by atoms with Crippen molar-refractivity contribution in [2.45, 2.75) is 19.6 Å². The second kappa shape index (κ2) is 7.41. The molecule has 2 amide bonds. The molecule has 2 N–H and O–H groups in total. The molecular weight excluding hydrogens is 344 g/mol. The average Bonchev–Trinajstić information content (AvgIpc) is 3.10. The molecule has 7 heteroatoms. The molecule has 0 radical (unpaired) electrons. The van der Waals surface area contributed by atoms with Gasteiger partial charge >= 0.3 is 6.03 Å². The number of fused-ring (bicyclic) bond motifs is 1. The van der Waals surface area contributed by atoms with E-state index in [2.05, 4.69) is 15.7 Å². The summed E-state index contributed by atoms with van der Waals surface area (Å²) in [7, 11) is 0. The Bertz CT molecular complexity index is 936. The normalized spacial score (nSPS) is 15.2. The number of carbonyl (C=O) groups is 1. The molecule has 27 heavy (non-hydrogen) atoms. The predicted octanol–water partition coefficient (Wildman–Crippen LogP) is 3.68. The van der Waals surface area contributed by atoms with Crippen LogP contribution in [0.15, 0.2) is 60.9 Å². The van der Waals surface area contributed by atoms with Crippen LogP contribution in [-0.2, 0) is 6.54 Å². The molecule has 1 aromatic heterocycles. The highest BCUT2D eigenvalue weighted by atomic mass is 16.6. The van der Waals surface area contributed by atoms with Crippen molar-refractivity contribution in [1.29, 1.82) is 0 Å². The van der Waals surface area contributed by atoms with Crippen molar-refractivity contribution < 1.29 is 14.3 Å². The van der Waals surface area contributed by atoms with E-state index in [0.29, 0.717) is 18.8 Å². The predicted molar refractivity (Wildman–Crippen MR) is 102 cm³/mol. The summed E-state index contributed by atoms with van der Waals surface area (Å²) >= 11 is 0. The fourth-order valence-corrected chi connectivity index (χ4v) is 2.82. The van der Waals surface area contributed by atoms with Crippen LogP contribution in [0.5, 0.6) is 11.5 Å². The number of aryl methyl sites for hydroxylation is 1. The van der Waals surface area contributed by atoms with Gasteiger partial charge in [-0.3, -0.25) is 4.68 Å². The maximum Gasteiger partial charge on any atom is 0.323 e. The molecule has 0 fully saturated rings. The van der Waals surface area contributed by atoms with Gasteiger partial charge in [-0.25, -0.2) is 4.79 Å². The summed E-state index contributed by atoms with van der Waals surface area (Å²) in [6, 6.07) is 14.9. The molecule has 1 atom stereocenters. The van der Waals surface area contributed by atoms with Crippen LogP contribution in [0.4, 0.5) is 16.2 Å². The van der Waals surface area contributed by atoms with Crippen LogP contribution in [0.25, 0.3) is 0 Å². The van der Waals surface area contributed by atoms with Crippen LogP contribution in [0.1, 0.15) is 5.56 Å². The Morgan fingerprint density at radius 2 is 1.85 bits per heavy atom. The van der Waals surface area contributed by atoms with Crippen molar-refractivity contribution in [3.8, 4) is 11.5 Å². The van der Waals surface area contributed by atoms with Gasteiger partial charge in [-0.05, 0) is 31.2 Å². The molecule has 0 bridgehead atoms. The Morgan fingerprint density at radius 3 is 2.67 bits per heavy atom. The second-order valence-corrected chi connectivity index (χ2v) is 6.39. The Morgan fingerprint density at radius 1 is 1.11 bits per heavy atom. The molecule has 0 saturated carbocycles. The lowest BCUT2D eigenvalue weighted by Crippen LogP contribution is -2.33. The molecule has 4 rings (SSSR count). The molecule has 3 aromatic rings. The summed E-state index contributed by atoms with van der Waals surface area (Å²) in [5.41, 5.74) is 2.48. The van der Waals surface area contributed by atoms with Gasteiger partial charge < -0.3 is 20.1 Å². The molecule has 7 nitrogen and oxygen atoms in total. The third-order valence-corrected chi connectivity index (χ3v) is 4.16. The quantitative estimate of drug-likeness (QED) is 0.740.